The third-order valence-corrected chi connectivity index (χ3v) is 5.42. The fourth-order valence-corrected chi connectivity index (χ4v) is 3.47. The monoisotopic (exact) mass is 438 g/mol. The van der Waals surface area contributed by atoms with Crippen LogP contribution in [0.25, 0.3) is 0 Å². The Balaban J connectivity index is 1.86. The lowest BCUT2D eigenvalue weighted by molar-refractivity contribution is -0.162. The van der Waals surface area contributed by atoms with Crippen LogP contribution in [0.1, 0.15) is 103 Å². The molecule has 0 aliphatic carbocycles. The molecule has 0 fully saturated rings. The van der Waals surface area contributed by atoms with E-state index in [-0.39, 0.29) is 12.4 Å². The minimum Gasteiger partial charge on any atom is -0.457 e. The zero-order valence-electron chi connectivity index (χ0n) is 18.6. The molecule has 0 radical (unpaired) electrons. The maximum absolute atomic E-state index is 11.7. The summed E-state index contributed by atoms with van der Waals surface area (Å²) in [6, 6.07) is 6.24. The SMILES string of the molecule is CCCCCCCCCCCCCCCCCOC(=O)C(=O)Oc1ccc(Cl)cc1. The standard InChI is InChI=1S/C25H39ClO4/c1-2-3-4-5-6-7-8-9-10-11-12-13-14-15-16-21-29-24(27)25(28)30-23-19-17-22(26)18-20-23/h17-20H,2-16,21H2,1H3. The number of hydrogen-bond donors (Lipinski definition) is 0. The molecule has 0 atom stereocenters. The van der Waals surface area contributed by atoms with E-state index in [1.54, 1.807) is 12.1 Å². The van der Waals surface area contributed by atoms with E-state index in [1.807, 2.05) is 0 Å². The van der Waals surface area contributed by atoms with Crippen LogP contribution >= 0.6 is 11.6 Å². The van der Waals surface area contributed by atoms with Crippen LogP contribution in [0.3, 0.4) is 0 Å². The molecule has 0 aromatic heterocycles. The van der Waals surface area contributed by atoms with Crippen molar-refractivity contribution < 1.29 is 19.1 Å². The van der Waals surface area contributed by atoms with E-state index in [1.165, 1.54) is 89.2 Å². The molecule has 0 amide bonds. The second-order valence-corrected chi connectivity index (χ2v) is 8.37. The number of esters is 2. The summed E-state index contributed by atoms with van der Waals surface area (Å²) in [4.78, 5) is 23.3. The summed E-state index contributed by atoms with van der Waals surface area (Å²) in [5.74, 6) is -1.68. The summed E-state index contributed by atoms with van der Waals surface area (Å²) in [7, 11) is 0. The number of carbonyl (C=O) groups excluding carboxylic acids is 2. The van der Waals surface area contributed by atoms with E-state index in [0.29, 0.717) is 5.02 Å². The van der Waals surface area contributed by atoms with Crippen molar-refractivity contribution in [2.75, 3.05) is 6.61 Å². The molecule has 0 unspecified atom stereocenters. The average Bonchev–Trinajstić information content (AvgIpc) is 2.74. The Morgan fingerprint density at radius 2 is 1.10 bits per heavy atom. The van der Waals surface area contributed by atoms with Gasteiger partial charge in [0.1, 0.15) is 5.75 Å². The molecule has 0 saturated heterocycles. The highest BCUT2D eigenvalue weighted by Gasteiger charge is 2.18. The van der Waals surface area contributed by atoms with Crippen molar-refractivity contribution in [3.05, 3.63) is 29.3 Å². The van der Waals surface area contributed by atoms with Gasteiger partial charge in [0.2, 0.25) is 0 Å². The van der Waals surface area contributed by atoms with E-state index in [0.717, 1.165) is 19.3 Å². The second kappa shape index (κ2) is 18.2. The Kier molecular flexibility index (Phi) is 16.1. The van der Waals surface area contributed by atoms with Gasteiger partial charge in [-0.3, -0.25) is 0 Å². The van der Waals surface area contributed by atoms with Gasteiger partial charge in [-0.2, -0.15) is 0 Å². The van der Waals surface area contributed by atoms with Crippen LogP contribution < -0.4 is 4.74 Å². The number of benzene rings is 1. The Morgan fingerprint density at radius 1 is 0.667 bits per heavy atom. The Morgan fingerprint density at radius 3 is 1.57 bits per heavy atom. The summed E-state index contributed by atoms with van der Waals surface area (Å²) in [5, 5.41) is 0.533. The van der Waals surface area contributed by atoms with Crippen molar-refractivity contribution in [1.82, 2.24) is 0 Å². The number of ether oxygens (including phenoxy) is 2. The van der Waals surface area contributed by atoms with Gasteiger partial charge in [0, 0.05) is 5.02 Å². The van der Waals surface area contributed by atoms with E-state index in [4.69, 9.17) is 21.1 Å². The molecular weight excluding hydrogens is 400 g/mol. The third kappa shape index (κ3) is 14.4. The van der Waals surface area contributed by atoms with Crippen LogP contribution in [-0.2, 0) is 14.3 Å². The van der Waals surface area contributed by atoms with Crippen LogP contribution in [0.2, 0.25) is 5.02 Å². The number of halogens is 1. The van der Waals surface area contributed by atoms with Crippen LogP contribution in [-0.4, -0.2) is 18.5 Å². The van der Waals surface area contributed by atoms with Gasteiger partial charge in [-0.1, -0.05) is 108 Å². The number of rotatable bonds is 17. The molecule has 0 spiro atoms. The lowest BCUT2D eigenvalue weighted by atomic mass is 10.0. The van der Waals surface area contributed by atoms with Gasteiger partial charge in [0.15, 0.2) is 0 Å². The topological polar surface area (TPSA) is 52.6 Å². The molecular formula is C25H39ClO4. The van der Waals surface area contributed by atoms with E-state index in [9.17, 15) is 9.59 Å². The second-order valence-electron chi connectivity index (χ2n) is 7.93. The number of unbranched alkanes of at least 4 members (excludes halogenated alkanes) is 14. The lowest BCUT2D eigenvalue weighted by Crippen LogP contribution is -2.23. The van der Waals surface area contributed by atoms with Gasteiger partial charge >= 0.3 is 11.9 Å². The minimum absolute atomic E-state index is 0.257. The molecule has 0 heterocycles. The predicted octanol–water partition coefficient (Wildman–Crippen LogP) is 7.66. The fraction of sp³-hybridized carbons (Fsp3) is 0.680. The largest absolute Gasteiger partial charge is 0.457 e. The molecule has 0 aliphatic heterocycles. The van der Waals surface area contributed by atoms with Gasteiger partial charge < -0.3 is 9.47 Å². The Hall–Kier alpha value is -1.55. The molecule has 170 valence electrons. The summed E-state index contributed by atoms with van der Waals surface area (Å²) in [6.45, 7) is 2.52. The van der Waals surface area contributed by atoms with Crippen molar-refractivity contribution in [2.24, 2.45) is 0 Å². The maximum Gasteiger partial charge on any atom is 0.422 e. The number of carbonyl (C=O) groups is 2. The Bertz CT molecular complexity index is 571. The lowest BCUT2D eigenvalue weighted by Gasteiger charge is -2.06. The van der Waals surface area contributed by atoms with Crippen molar-refractivity contribution in [3.8, 4) is 5.75 Å². The smallest absolute Gasteiger partial charge is 0.422 e. The molecule has 1 rings (SSSR count). The van der Waals surface area contributed by atoms with Crippen molar-refractivity contribution in [2.45, 2.75) is 103 Å². The van der Waals surface area contributed by atoms with Gasteiger partial charge in [-0.05, 0) is 30.7 Å². The van der Waals surface area contributed by atoms with E-state index in [2.05, 4.69) is 6.92 Å². The molecule has 0 aliphatic rings. The first kappa shape index (κ1) is 26.5. The van der Waals surface area contributed by atoms with Crippen molar-refractivity contribution >= 4 is 23.5 Å². The first-order valence-corrected chi connectivity index (χ1v) is 12.2. The van der Waals surface area contributed by atoms with Crippen LogP contribution in [0.15, 0.2) is 24.3 Å². The molecule has 0 saturated carbocycles. The van der Waals surface area contributed by atoms with E-state index < -0.39 is 11.9 Å². The highest BCUT2D eigenvalue weighted by molar-refractivity contribution is 6.31. The van der Waals surface area contributed by atoms with Gasteiger partial charge in [-0.15, -0.1) is 0 Å². The molecule has 5 heteroatoms. The van der Waals surface area contributed by atoms with Gasteiger partial charge in [-0.25, -0.2) is 9.59 Å². The molecule has 1 aromatic rings. The Labute approximate surface area is 187 Å². The molecule has 4 nitrogen and oxygen atoms in total. The zero-order chi connectivity index (χ0) is 21.9. The quantitative estimate of drug-likeness (QED) is 0.108. The summed E-state index contributed by atoms with van der Waals surface area (Å²) < 4.78 is 9.91. The molecule has 1 aromatic carbocycles. The minimum atomic E-state index is -1.00. The van der Waals surface area contributed by atoms with E-state index >= 15 is 0 Å². The first-order valence-electron chi connectivity index (χ1n) is 11.8. The normalized spacial score (nSPS) is 10.7. The molecule has 30 heavy (non-hydrogen) atoms. The third-order valence-electron chi connectivity index (χ3n) is 5.17. The zero-order valence-corrected chi connectivity index (χ0v) is 19.4. The highest BCUT2D eigenvalue weighted by Crippen LogP contribution is 2.16. The highest BCUT2D eigenvalue weighted by atomic mass is 35.5. The summed E-state index contributed by atoms with van der Waals surface area (Å²) in [6.07, 6.45) is 19.2. The van der Waals surface area contributed by atoms with Crippen LogP contribution in [0.5, 0.6) is 5.75 Å². The van der Waals surface area contributed by atoms with Crippen molar-refractivity contribution in [1.29, 1.82) is 0 Å². The fourth-order valence-electron chi connectivity index (χ4n) is 3.35. The maximum atomic E-state index is 11.7. The number of hydrogen-bond acceptors (Lipinski definition) is 4. The molecule has 0 bridgehead atoms. The average molecular weight is 439 g/mol. The van der Waals surface area contributed by atoms with Crippen LogP contribution in [0, 0.1) is 0 Å². The predicted molar refractivity (Wildman–Crippen MR) is 123 cm³/mol. The summed E-state index contributed by atoms with van der Waals surface area (Å²) >= 11 is 5.76. The summed E-state index contributed by atoms with van der Waals surface area (Å²) in [5.41, 5.74) is 0. The van der Waals surface area contributed by atoms with Gasteiger partial charge in [0.25, 0.3) is 0 Å². The first-order chi connectivity index (χ1) is 14.6. The van der Waals surface area contributed by atoms with Crippen molar-refractivity contribution in [3.63, 3.8) is 0 Å². The van der Waals surface area contributed by atoms with Gasteiger partial charge in [0.05, 0.1) is 6.61 Å². The molecule has 0 N–H and O–H groups in total. The van der Waals surface area contributed by atoms with Crippen LogP contribution in [0.4, 0.5) is 0 Å².